The van der Waals surface area contributed by atoms with Crippen molar-refractivity contribution >= 4 is 23.3 Å². The Morgan fingerprint density at radius 3 is 2.95 bits per heavy atom. The highest BCUT2D eigenvalue weighted by atomic mass is 35.5. The van der Waals surface area contributed by atoms with Gasteiger partial charge in [0.05, 0.1) is 24.7 Å². The fourth-order valence-electron chi connectivity index (χ4n) is 2.13. The number of halogens is 1. The number of nitriles is 1. The Labute approximate surface area is 134 Å². The summed E-state index contributed by atoms with van der Waals surface area (Å²) in [6.45, 7) is 2.31. The van der Waals surface area contributed by atoms with Crippen LogP contribution in [0.4, 0.5) is 5.82 Å². The van der Waals surface area contributed by atoms with Crippen molar-refractivity contribution in [1.29, 1.82) is 5.26 Å². The van der Waals surface area contributed by atoms with E-state index in [1.165, 1.54) is 0 Å². The third kappa shape index (κ3) is 4.34. The average Bonchev–Trinajstić information content (AvgIpc) is 2.84. The molecule has 0 spiro atoms. The Bertz CT molecular complexity index is 702. The summed E-state index contributed by atoms with van der Waals surface area (Å²) in [5, 5.41) is 16.4. The van der Waals surface area contributed by atoms with Crippen molar-refractivity contribution in [3.63, 3.8) is 0 Å². The maximum Gasteiger partial charge on any atom is 0.225 e. The van der Waals surface area contributed by atoms with Gasteiger partial charge in [0.15, 0.2) is 0 Å². The number of nitrogens with one attached hydrogen (secondary N) is 1. The van der Waals surface area contributed by atoms with E-state index in [-0.39, 0.29) is 5.91 Å². The zero-order valence-electron chi connectivity index (χ0n) is 12.3. The predicted molar refractivity (Wildman–Crippen MR) is 85.6 cm³/mol. The van der Waals surface area contributed by atoms with Gasteiger partial charge in [-0.25, -0.2) is 4.68 Å². The van der Waals surface area contributed by atoms with Gasteiger partial charge < -0.3 is 5.32 Å². The molecule has 0 radical (unpaired) electrons. The van der Waals surface area contributed by atoms with Crippen molar-refractivity contribution in [2.24, 2.45) is 0 Å². The monoisotopic (exact) mass is 316 g/mol. The highest BCUT2D eigenvalue weighted by Crippen LogP contribution is 2.17. The summed E-state index contributed by atoms with van der Waals surface area (Å²) in [6.07, 6.45) is 1.27. The molecule has 0 atom stereocenters. The van der Waals surface area contributed by atoms with Crippen LogP contribution in [0.5, 0.6) is 0 Å². The molecule has 0 saturated carbocycles. The van der Waals surface area contributed by atoms with Gasteiger partial charge in [0, 0.05) is 17.5 Å². The Kier molecular flexibility index (Phi) is 5.56. The van der Waals surface area contributed by atoms with Gasteiger partial charge in [-0.1, -0.05) is 29.8 Å². The molecule has 114 valence electrons. The van der Waals surface area contributed by atoms with Gasteiger partial charge in [0.1, 0.15) is 5.82 Å². The van der Waals surface area contributed by atoms with Crippen LogP contribution in [-0.2, 0) is 17.8 Å². The minimum absolute atomic E-state index is 0.0990. The Morgan fingerprint density at radius 1 is 1.45 bits per heavy atom. The number of benzene rings is 1. The van der Waals surface area contributed by atoms with Gasteiger partial charge in [-0.2, -0.15) is 10.4 Å². The number of hydrogen-bond donors (Lipinski definition) is 1. The normalized spacial score (nSPS) is 10.2. The van der Waals surface area contributed by atoms with E-state index < -0.39 is 0 Å². The molecule has 1 aromatic carbocycles. The van der Waals surface area contributed by atoms with E-state index >= 15 is 0 Å². The second kappa shape index (κ2) is 7.62. The van der Waals surface area contributed by atoms with E-state index in [2.05, 4.69) is 16.5 Å². The van der Waals surface area contributed by atoms with Crippen molar-refractivity contribution in [2.75, 3.05) is 5.32 Å². The number of anilines is 1. The first kappa shape index (κ1) is 16.1. The Morgan fingerprint density at radius 2 is 2.23 bits per heavy atom. The van der Waals surface area contributed by atoms with Gasteiger partial charge in [-0.05, 0) is 25.0 Å². The van der Waals surface area contributed by atoms with E-state index in [1.807, 2.05) is 31.2 Å². The van der Waals surface area contributed by atoms with Crippen molar-refractivity contribution in [2.45, 2.75) is 32.7 Å². The third-order valence-corrected chi connectivity index (χ3v) is 3.55. The van der Waals surface area contributed by atoms with Crippen LogP contribution >= 0.6 is 11.6 Å². The summed E-state index contributed by atoms with van der Waals surface area (Å²) in [5.74, 6) is 0.523. The zero-order valence-corrected chi connectivity index (χ0v) is 13.1. The van der Waals surface area contributed by atoms with Crippen molar-refractivity contribution in [1.82, 2.24) is 9.78 Å². The topological polar surface area (TPSA) is 70.7 Å². The number of rotatable bonds is 6. The Hall–Kier alpha value is -2.32. The maximum atomic E-state index is 12.1. The lowest BCUT2D eigenvalue weighted by molar-refractivity contribution is -0.116. The highest BCUT2D eigenvalue weighted by molar-refractivity contribution is 6.31. The van der Waals surface area contributed by atoms with Crippen LogP contribution in [0.25, 0.3) is 0 Å². The van der Waals surface area contributed by atoms with Gasteiger partial charge in [-0.15, -0.1) is 0 Å². The molecule has 2 aromatic rings. The molecule has 2 rings (SSSR count). The van der Waals surface area contributed by atoms with E-state index in [0.717, 1.165) is 11.3 Å². The van der Waals surface area contributed by atoms with Gasteiger partial charge >= 0.3 is 0 Å². The number of carbonyl (C=O) groups is 1. The number of carbonyl (C=O) groups excluding carboxylic acids is 1. The molecule has 1 N–H and O–H groups in total. The SMILES string of the molecule is Cc1cc(NC(=O)CCc2ccccc2Cl)n(CCC#N)n1. The first-order valence-electron chi connectivity index (χ1n) is 7.05. The fraction of sp³-hybridized carbons (Fsp3) is 0.312. The van der Waals surface area contributed by atoms with Gasteiger partial charge in [-0.3, -0.25) is 4.79 Å². The van der Waals surface area contributed by atoms with E-state index in [1.54, 1.807) is 10.7 Å². The summed E-state index contributed by atoms with van der Waals surface area (Å²) in [5.41, 5.74) is 1.76. The van der Waals surface area contributed by atoms with E-state index in [4.69, 9.17) is 16.9 Å². The third-order valence-electron chi connectivity index (χ3n) is 3.18. The zero-order chi connectivity index (χ0) is 15.9. The molecule has 0 saturated heterocycles. The van der Waals surface area contributed by atoms with Crippen molar-refractivity contribution in [3.05, 3.63) is 46.6 Å². The van der Waals surface area contributed by atoms with Gasteiger partial charge in [0.2, 0.25) is 5.91 Å². The van der Waals surface area contributed by atoms with Crippen LogP contribution in [0.2, 0.25) is 5.02 Å². The van der Waals surface area contributed by atoms with Crippen LogP contribution in [0.3, 0.4) is 0 Å². The van der Waals surface area contributed by atoms with Crippen molar-refractivity contribution < 1.29 is 4.79 Å². The minimum Gasteiger partial charge on any atom is -0.311 e. The molecule has 1 heterocycles. The number of nitrogens with zero attached hydrogens (tertiary/aromatic N) is 3. The molecule has 0 aliphatic rings. The number of hydrogen-bond acceptors (Lipinski definition) is 3. The quantitative estimate of drug-likeness (QED) is 0.888. The number of aromatic nitrogens is 2. The maximum absolute atomic E-state index is 12.1. The predicted octanol–water partition coefficient (Wildman–Crippen LogP) is 3.33. The molecule has 0 unspecified atom stereocenters. The summed E-state index contributed by atoms with van der Waals surface area (Å²) in [4.78, 5) is 12.1. The summed E-state index contributed by atoms with van der Waals surface area (Å²) >= 11 is 6.08. The summed E-state index contributed by atoms with van der Waals surface area (Å²) < 4.78 is 1.64. The fourth-order valence-corrected chi connectivity index (χ4v) is 2.36. The molecular formula is C16H17ClN4O. The van der Waals surface area contributed by atoms with Crippen LogP contribution in [0.15, 0.2) is 30.3 Å². The van der Waals surface area contributed by atoms with Crippen LogP contribution < -0.4 is 5.32 Å². The standard InChI is InChI=1S/C16H17ClN4O/c1-12-11-15(21(20-12)10-4-9-18)19-16(22)8-7-13-5-2-3-6-14(13)17/h2-3,5-6,11H,4,7-8,10H2,1H3,(H,19,22). The molecule has 5 nitrogen and oxygen atoms in total. The van der Waals surface area contributed by atoms with E-state index in [0.29, 0.717) is 36.6 Å². The molecule has 0 bridgehead atoms. The number of amides is 1. The average molecular weight is 317 g/mol. The van der Waals surface area contributed by atoms with Gasteiger partial charge in [0.25, 0.3) is 0 Å². The minimum atomic E-state index is -0.0990. The second-order valence-electron chi connectivity index (χ2n) is 4.94. The Balaban J connectivity index is 1.95. The molecule has 1 aromatic heterocycles. The first-order chi connectivity index (χ1) is 10.6. The molecule has 22 heavy (non-hydrogen) atoms. The largest absolute Gasteiger partial charge is 0.311 e. The van der Waals surface area contributed by atoms with Crippen LogP contribution in [0.1, 0.15) is 24.1 Å². The molecule has 6 heteroatoms. The molecule has 0 fully saturated rings. The van der Waals surface area contributed by atoms with Crippen LogP contribution in [0, 0.1) is 18.3 Å². The summed E-state index contributed by atoms with van der Waals surface area (Å²) in [7, 11) is 0. The summed E-state index contributed by atoms with van der Waals surface area (Å²) in [6, 6.07) is 11.4. The molecular weight excluding hydrogens is 300 g/mol. The lowest BCUT2D eigenvalue weighted by atomic mass is 10.1. The lowest BCUT2D eigenvalue weighted by Gasteiger charge is -2.08. The second-order valence-corrected chi connectivity index (χ2v) is 5.35. The molecule has 0 aliphatic carbocycles. The lowest BCUT2D eigenvalue weighted by Crippen LogP contribution is -2.16. The van der Waals surface area contributed by atoms with Crippen molar-refractivity contribution in [3.8, 4) is 6.07 Å². The number of aryl methyl sites for hydroxylation is 3. The highest BCUT2D eigenvalue weighted by Gasteiger charge is 2.10. The van der Waals surface area contributed by atoms with E-state index in [9.17, 15) is 4.79 Å². The molecule has 1 amide bonds. The van der Waals surface area contributed by atoms with Crippen LogP contribution in [-0.4, -0.2) is 15.7 Å². The smallest absolute Gasteiger partial charge is 0.225 e. The first-order valence-corrected chi connectivity index (χ1v) is 7.42. The molecule has 0 aliphatic heterocycles.